The molecule has 2 atom stereocenters. The van der Waals surface area contributed by atoms with E-state index in [0.29, 0.717) is 35.5 Å². The molecule has 1 aliphatic rings. The Morgan fingerprint density at radius 2 is 1.74 bits per heavy atom. The zero-order chi connectivity index (χ0) is 32.4. The molecule has 0 aromatic heterocycles. The first-order chi connectivity index (χ1) is 22.4. The molecule has 0 unspecified atom stereocenters. The predicted octanol–water partition coefficient (Wildman–Crippen LogP) is 5.86. The maximum Gasteiger partial charge on any atom is 0.266 e. The number of hydrogen-bond donors (Lipinski definition) is 3. The summed E-state index contributed by atoms with van der Waals surface area (Å²) in [6.45, 7) is 0.328. The van der Waals surface area contributed by atoms with Gasteiger partial charge in [0.05, 0.1) is 13.2 Å². The lowest BCUT2D eigenvalue weighted by Gasteiger charge is -2.31. The molecule has 5 rings (SSSR count). The minimum atomic E-state index is -1.58. The SMILES string of the molecule is [N-]=[N+]=NCc1ccccc1C[C@]1(C(=O)NNCc2ccc(F)cc2F)N=C(c2ccc(OCCCO)cc2)O[C@H]1c1ccccc1. The van der Waals surface area contributed by atoms with Crippen LogP contribution in [0.25, 0.3) is 10.4 Å². The first kappa shape index (κ1) is 32.1. The molecule has 12 heteroatoms. The molecule has 1 heterocycles. The molecule has 3 N–H and O–H groups in total. The first-order valence-corrected chi connectivity index (χ1v) is 14.6. The largest absolute Gasteiger partial charge is 0.494 e. The fourth-order valence-electron chi connectivity index (χ4n) is 5.19. The van der Waals surface area contributed by atoms with Crippen LogP contribution in [0.4, 0.5) is 8.78 Å². The van der Waals surface area contributed by atoms with Gasteiger partial charge in [-0.1, -0.05) is 65.8 Å². The summed E-state index contributed by atoms with van der Waals surface area (Å²) in [6, 6.07) is 26.8. The second kappa shape index (κ2) is 15.1. The van der Waals surface area contributed by atoms with Gasteiger partial charge >= 0.3 is 0 Å². The number of benzene rings is 4. The number of nitrogens with zero attached hydrogens (tertiary/aromatic N) is 4. The van der Waals surface area contributed by atoms with Crippen molar-refractivity contribution >= 4 is 11.8 Å². The summed E-state index contributed by atoms with van der Waals surface area (Å²) >= 11 is 0. The highest BCUT2D eigenvalue weighted by Gasteiger charge is 2.53. The topological polar surface area (TPSA) is 141 Å². The van der Waals surface area contributed by atoms with E-state index in [0.717, 1.165) is 17.7 Å². The number of carbonyl (C=O) groups is 1. The van der Waals surface area contributed by atoms with Crippen molar-refractivity contribution in [2.75, 3.05) is 13.2 Å². The Kier molecular flexibility index (Phi) is 10.6. The number of nitrogens with one attached hydrogen (secondary N) is 2. The molecule has 0 saturated heterocycles. The van der Waals surface area contributed by atoms with Crippen LogP contribution in [-0.2, 0) is 29.0 Å². The molecule has 0 aliphatic carbocycles. The van der Waals surface area contributed by atoms with Crippen LogP contribution in [0.3, 0.4) is 0 Å². The zero-order valence-corrected chi connectivity index (χ0v) is 24.8. The number of azide groups is 1. The van der Waals surface area contributed by atoms with Crippen molar-refractivity contribution in [1.82, 2.24) is 10.9 Å². The number of ether oxygens (including phenoxy) is 2. The summed E-state index contributed by atoms with van der Waals surface area (Å²) in [5.41, 5.74) is 15.7. The average Bonchev–Trinajstić information content (AvgIpc) is 3.46. The lowest BCUT2D eigenvalue weighted by atomic mass is 9.81. The van der Waals surface area contributed by atoms with Crippen LogP contribution >= 0.6 is 0 Å². The third-order valence-electron chi connectivity index (χ3n) is 7.51. The van der Waals surface area contributed by atoms with E-state index in [-0.39, 0.29) is 37.6 Å². The summed E-state index contributed by atoms with van der Waals surface area (Å²) in [4.78, 5) is 22.2. The molecule has 236 valence electrons. The molecule has 0 fully saturated rings. The molecule has 0 saturated carbocycles. The molecule has 1 amide bonds. The van der Waals surface area contributed by atoms with Crippen LogP contribution in [0, 0.1) is 11.6 Å². The van der Waals surface area contributed by atoms with Gasteiger partial charge in [0.15, 0.2) is 11.6 Å². The summed E-state index contributed by atoms with van der Waals surface area (Å²) in [5, 5.41) is 12.8. The fourth-order valence-corrected chi connectivity index (χ4v) is 5.19. The minimum absolute atomic E-state index is 0.0213. The Morgan fingerprint density at radius 1 is 1.00 bits per heavy atom. The van der Waals surface area contributed by atoms with Gasteiger partial charge in [-0.05, 0) is 52.6 Å². The van der Waals surface area contributed by atoms with Crippen LogP contribution in [0.2, 0.25) is 0 Å². The van der Waals surface area contributed by atoms with Gasteiger partial charge in [0.25, 0.3) is 5.91 Å². The van der Waals surface area contributed by atoms with Gasteiger partial charge < -0.3 is 14.6 Å². The molecular formula is C34H32F2N6O4. The van der Waals surface area contributed by atoms with Crippen molar-refractivity contribution < 1.29 is 28.2 Å². The molecule has 46 heavy (non-hydrogen) atoms. The normalized spacial score (nSPS) is 17.0. The number of amides is 1. The molecule has 0 bridgehead atoms. The van der Waals surface area contributed by atoms with Crippen molar-refractivity contribution in [3.63, 3.8) is 0 Å². The molecule has 1 aliphatic heterocycles. The van der Waals surface area contributed by atoms with E-state index in [9.17, 15) is 13.6 Å². The van der Waals surface area contributed by atoms with E-state index < -0.39 is 29.2 Å². The highest BCUT2D eigenvalue weighted by molar-refractivity contribution is 6.01. The lowest BCUT2D eigenvalue weighted by Crippen LogP contribution is -2.53. The van der Waals surface area contributed by atoms with Gasteiger partial charge in [-0.25, -0.2) is 19.2 Å². The Morgan fingerprint density at radius 3 is 2.46 bits per heavy atom. The van der Waals surface area contributed by atoms with Crippen molar-refractivity contribution in [2.24, 2.45) is 10.1 Å². The van der Waals surface area contributed by atoms with E-state index in [4.69, 9.17) is 25.1 Å². The highest BCUT2D eigenvalue weighted by atomic mass is 19.1. The third-order valence-corrected chi connectivity index (χ3v) is 7.51. The summed E-state index contributed by atoms with van der Waals surface area (Å²) in [7, 11) is 0. The van der Waals surface area contributed by atoms with Gasteiger partial charge in [0.1, 0.15) is 17.4 Å². The molecule has 10 nitrogen and oxygen atoms in total. The maximum absolute atomic E-state index is 14.4. The van der Waals surface area contributed by atoms with E-state index in [1.807, 2.05) is 54.6 Å². The quantitative estimate of drug-likeness (QED) is 0.0529. The standard InChI is InChI=1S/C34H32F2N6O4/c35-28-14-11-27(30(36)19-28)22-38-41-33(44)34(20-25-9-4-5-10-26(25)21-39-42-37)31(23-7-2-1-3-8-23)46-32(40-34)24-12-15-29(16-13-24)45-18-6-17-43/h1-5,7-16,19,31,38,43H,6,17-18,20-22H2,(H,41,44)/t31-,34-/m0/s1. The van der Waals surface area contributed by atoms with Crippen molar-refractivity contribution in [3.8, 4) is 5.75 Å². The van der Waals surface area contributed by atoms with E-state index >= 15 is 0 Å². The lowest BCUT2D eigenvalue weighted by molar-refractivity contribution is -0.130. The number of carbonyl (C=O) groups excluding carboxylic acids is 1. The van der Waals surface area contributed by atoms with E-state index in [1.54, 1.807) is 24.3 Å². The molecular weight excluding hydrogens is 594 g/mol. The maximum atomic E-state index is 14.4. The second-order valence-corrected chi connectivity index (χ2v) is 10.6. The van der Waals surface area contributed by atoms with Gasteiger partial charge in [-0.15, -0.1) is 0 Å². The third kappa shape index (κ3) is 7.49. The number of hydrazine groups is 1. The van der Waals surface area contributed by atoms with Crippen LogP contribution in [-0.4, -0.2) is 35.7 Å². The molecule has 4 aromatic carbocycles. The fraction of sp³-hybridized carbons (Fsp3) is 0.235. The van der Waals surface area contributed by atoms with E-state index in [1.165, 1.54) is 6.07 Å². The number of rotatable bonds is 14. The average molecular weight is 627 g/mol. The molecule has 4 aromatic rings. The number of aliphatic hydroxyl groups is 1. The Hall–Kier alpha value is -5.29. The van der Waals surface area contributed by atoms with Crippen LogP contribution in [0.15, 0.2) is 107 Å². The molecule has 0 spiro atoms. The summed E-state index contributed by atoms with van der Waals surface area (Å²) in [6.07, 6.45) is -0.327. The Balaban J connectivity index is 1.54. The second-order valence-electron chi connectivity index (χ2n) is 10.6. The van der Waals surface area contributed by atoms with Crippen molar-refractivity contribution in [1.29, 1.82) is 0 Å². The summed E-state index contributed by atoms with van der Waals surface area (Å²) in [5.74, 6) is -1.18. The number of aliphatic hydroxyl groups excluding tert-OH is 1. The monoisotopic (exact) mass is 626 g/mol. The first-order valence-electron chi connectivity index (χ1n) is 14.6. The zero-order valence-electron chi connectivity index (χ0n) is 24.8. The smallest absolute Gasteiger partial charge is 0.266 e. The Bertz CT molecular complexity index is 1730. The van der Waals surface area contributed by atoms with Gasteiger partial charge in [0.2, 0.25) is 5.90 Å². The number of aliphatic imine (C=N–C) groups is 1. The van der Waals surface area contributed by atoms with Gasteiger partial charge in [-0.2, -0.15) is 0 Å². The summed E-state index contributed by atoms with van der Waals surface area (Å²) < 4.78 is 39.9. The van der Waals surface area contributed by atoms with E-state index in [2.05, 4.69) is 20.9 Å². The van der Waals surface area contributed by atoms with Crippen molar-refractivity contribution in [2.45, 2.75) is 37.6 Å². The number of hydrogen-bond acceptors (Lipinski definition) is 7. The Labute approximate surface area is 264 Å². The highest BCUT2D eigenvalue weighted by Crippen LogP contribution is 2.43. The molecule has 0 radical (unpaired) electrons. The number of halogens is 2. The van der Waals surface area contributed by atoms with Gasteiger partial charge in [-0.3, -0.25) is 10.2 Å². The van der Waals surface area contributed by atoms with Crippen molar-refractivity contribution in [3.05, 3.63) is 147 Å². The van der Waals surface area contributed by atoms with Gasteiger partial charge in [0, 0.05) is 48.1 Å². The minimum Gasteiger partial charge on any atom is -0.494 e. The van der Waals surface area contributed by atoms with Crippen LogP contribution < -0.4 is 15.6 Å². The van der Waals surface area contributed by atoms with Crippen LogP contribution in [0.5, 0.6) is 5.75 Å². The predicted molar refractivity (Wildman–Crippen MR) is 168 cm³/mol. The van der Waals surface area contributed by atoms with Crippen LogP contribution in [0.1, 0.15) is 40.3 Å².